The van der Waals surface area contributed by atoms with Crippen LogP contribution in [0.3, 0.4) is 0 Å². The Morgan fingerprint density at radius 1 is 1.43 bits per heavy atom. The zero-order valence-corrected chi connectivity index (χ0v) is 9.19. The molecule has 0 fully saturated rings. The standard InChI is InChI=1S/C9H10ClN3S/c1-11-9(14)13-12-6-7-2-4-8(10)5-3-7/h2-6H,1H3,(H2,11,13,14). The van der Waals surface area contributed by atoms with Gasteiger partial charge in [0.15, 0.2) is 5.11 Å². The third-order valence-corrected chi connectivity index (χ3v) is 2.02. The lowest BCUT2D eigenvalue weighted by Crippen LogP contribution is -2.28. The molecule has 0 aliphatic rings. The summed E-state index contributed by atoms with van der Waals surface area (Å²) in [6.45, 7) is 0. The van der Waals surface area contributed by atoms with Crippen LogP contribution >= 0.6 is 23.8 Å². The number of hydrogen-bond acceptors (Lipinski definition) is 2. The summed E-state index contributed by atoms with van der Waals surface area (Å²) in [5.74, 6) is 0. The van der Waals surface area contributed by atoms with Crippen LogP contribution in [-0.4, -0.2) is 18.4 Å². The SMILES string of the molecule is CNC(=S)NN=Cc1ccc(Cl)cc1. The van der Waals surface area contributed by atoms with Crippen molar-refractivity contribution < 1.29 is 0 Å². The first kappa shape index (κ1) is 10.9. The second-order valence-corrected chi connectivity index (χ2v) is 3.35. The van der Waals surface area contributed by atoms with E-state index in [9.17, 15) is 0 Å². The van der Waals surface area contributed by atoms with Gasteiger partial charge in [-0.25, -0.2) is 0 Å². The third kappa shape index (κ3) is 3.72. The van der Waals surface area contributed by atoms with Crippen molar-refractivity contribution in [1.29, 1.82) is 0 Å². The van der Waals surface area contributed by atoms with E-state index in [4.69, 9.17) is 23.8 Å². The van der Waals surface area contributed by atoms with Gasteiger partial charge < -0.3 is 5.32 Å². The normalized spacial score (nSPS) is 10.1. The molecular weight excluding hydrogens is 218 g/mol. The van der Waals surface area contributed by atoms with Gasteiger partial charge in [0.05, 0.1) is 6.21 Å². The van der Waals surface area contributed by atoms with Crippen LogP contribution in [-0.2, 0) is 0 Å². The number of nitrogens with zero attached hydrogens (tertiary/aromatic N) is 1. The number of benzene rings is 1. The van der Waals surface area contributed by atoms with E-state index in [-0.39, 0.29) is 0 Å². The minimum atomic E-state index is 0.482. The Balaban J connectivity index is 2.52. The van der Waals surface area contributed by atoms with Gasteiger partial charge in [-0.2, -0.15) is 5.10 Å². The van der Waals surface area contributed by atoms with Gasteiger partial charge >= 0.3 is 0 Å². The highest BCUT2D eigenvalue weighted by Crippen LogP contribution is 2.07. The molecule has 14 heavy (non-hydrogen) atoms. The fourth-order valence-corrected chi connectivity index (χ4v) is 0.949. The summed E-state index contributed by atoms with van der Waals surface area (Å²) >= 11 is 10.6. The molecular formula is C9H10ClN3S. The van der Waals surface area contributed by atoms with Crippen LogP contribution in [0.5, 0.6) is 0 Å². The highest BCUT2D eigenvalue weighted by molar-refractivity contribution is 7.80. The van der Waals surface area contributed by atoms with E-state index in [0.717, 1.165) is 5.56 Å². The summed E-state index contributed by atoms with van der Waals surface area (Å²) in [6.07, 6.45) is 1.67. The lowest BCUT2D eigenvalue weighted by Gasteiger charge is -1.99. The fourth-order valence-electron chi connectivity index (χ4n) is 0.770. The van der Waals surface area contributed by atoms with E-state index in [1.54, 1.807) is 25.4 Å². The van der Waals surface area contributed by atoms with Crippen molar-refractivity contribution in [3.8, 4) is 0 Å². The van der Waals surface area contributed by atoms with Gasteiger partial charge in [0.25, 0.3) is 0 Å². The predicted octanol–water partition coefficient (Wildman–Crippen LogP) is 1.77. The van der Waals surface area contributed by atoms with Crippen molar-refractivity contribution >= 4 is 35.1 Å². The molecule has 0 bridgehead atoms. The molecule has 0 aliphatic heterocycles. The quantitative estimate of drug-likeness (QED) is 0.459. The van der Waals surface area contributed by atoms with Crippen LogP contribution in [0.15, 0.2) is 29.4 Å². The molecule has 0 atom stereocenters. The van der Waals surface area contributed by atoms with Crippen molar-refractivity contribution in [1.82, 2.24) is 10.7 Å². The van der Waals surface area contributed by atoms with Gasteiger partial charge in [-0.15, -0.1) is 0 Å². The molecule has 0 spiro atoms. The summed E-state index contributed by atoms with van der Waals surface area (Å²) < 4.78 is 0. The Kier molecular flexibility index (Phi) is 4.35. The maximum absolute atomic E-state index is 5.73. The van der Waals surface area contributed by atoms with E-state index in [1.165, 1.54) is 0 Å². The van der Waals surface area contributed by atoms with Crippen LogP contribution in [0.1, 0.15) is 5.56 Å². The van der Waals surface area contributed by atoms with Crippen molar-refractivity contribution in [2.75, 3.05) is 7.05 Å². The van der Waals surface area contributed by atoms with Crippen LogP contribution in [0, 0.1) is 0 Å². The summed E-state index contributed by atoms with van der Waals surface area (Å²) in [6, 6.07) is 7.35. The fraction of sp³-hybridized carbons (Fsp3) is 0.111. The monoisotopic (exact) mass is 227 g/mol. The Morgan fingerprint density at radius 2 is 2.07 bits per heavy atom. The smallest absolute Gasteiger partial charge is 0.186 e. The number of hydrazone groups is 1. The number of rotatable bonds is 2. The van der Waals surface area contributed by atoms with E-state index in [1.807, 2.05) is 12.1 Å². The average molecular weight is 228 g/mol. The Hall–Kier alpha value is -1.13. The Morgan fingerprint density at radius 3 is 2.64 bits per heavy atom. The van der Waals surface area contributed by atoms with Crippen molar-refractivity contribution in [2.24, 2.45) is 5.10 Å². The maximum atomic E-state index is 5.73. The van der Waals surface area contributed by atoms with Gasteiger partial charge in [-0.3, -0.25) is 5.43 Å². The molecule has 1 rings (SSSR count). The Bertz CT molecular complexity index is 334. The van der Waals surface area contributed by atoms with E-state index >= 15 is 0 Å². The minimum Gasteiger partial charge on any atom is -0.364 e. The third-order valence-electron chi connectivity index (χ3n) is 1.48. The second-order valence-electron chi connectivity index (χ2n) is 2.50. The molecule has 74 valence electrons. The van der Waals surface area contributed by atoms with Gasteiger partial charge in [0.1, 0.15) is 0 Å². The van der Waals surface area contributed by atoms with E-state index in [2.05, 4.69) is 15.8 Å². The minimum absolute atomic E-state index is 0.482. The van der Waals surface area contributed by atoms with Crippen LogP contribution in [0.4, 0.5) is 0 Å². The lowest BCUT2D eigenvalue weighted by atomic mass is 10.2. The first-order chi connectivity index (χ1) is 6.72. The highest BCUT2D eigenvalue weighted by Gasteiger charge is 1.88. The van der Waals surface area contributed by atoms with Crippen LogP contribution in [0.2, 0.25) is 5.02 Å². The molecule has 0 heterocycles. The molecule has 5 heteroatoms. The van der Waals surface area contributed by atoms with Crippen molar-refractivity contribution in [2.45, 2.75) is 0 Å². The van der Waals surface area contributed by atoms with Gasteiger partial charge in [0.2, 0.25) is 0 Å². The van der Waals surface area contributed by atoms with Crippen LogP contribution in [0.25, 0.3) is 0 Å². The number of nitrogens with one attached hydrogen (secondary N) is 2. The topological polar surface area (TPSA) is 36.4 Å². The second kappa shape index (κ2) is 5.57. The molecule has 0 radical (unpaired) electrons. The predicted molar refractivity (Wildman–Crippen MR) is 63.8 cm³/mol. The lowest BCUT2D eigenvalue weighted by molar-refractivity contribution is 0.982. The van der Waals surface area contributed by atoms with Gasteiger partial charge in [-0.1, -0.05) is 23.7 Å². The molecule has 0 aliphatic carbocycles. The molecule has 2 N–H and O–H groups in total. The molecule has 0 amide bonds. The number of hydrogen-bond donors (Lipinski definition) is 2. The van der Waals surface area contributed by atoms with Crippen molar-refractivity contribution in [3.63, 3.8) is 0 Å². The maximum Gasteiger partial charge on any atom is 0.186 e. The number of halogens is 1. The first-order valence-corrected chi connectivity index (χ1v) is 4.77. The largest absolute Gasteiger partial charge is 0.364 e. The molecule has 1 aromatic rings. The average Bonchev–Trinajstić information content (AvgIpc) is 2.21. The molecule has 0 aromatic heterocycles. The van der Waals surface area contributed by atoms with Gasteiger partial charge in [0, 0.05) is 12.1 Å². The molecule has 0 unspecified atom stereocenters. The zero-order valence-electron chi connectivity index (χ0n) is 7.62. The Labute approximate surface area is 93.2 Å². The summed E-state index contributed by atoms with van der Waals surface area (Å²) in [5.41, 5.74) is 3.61. The summed E-state index contributed by atoms with van der Waals surface area (Å²) in [4.78, 5) is 0. The van der Waals surface area contributed by atoms with E-state index in [0.29, 0.717) is 10.1 Å². The zero-order chi connectivity index (χ0) is 10.4. The number of thiocarbonyl (C=S) groups is 1. The van der Waals surface area contributed by atoms with Crippen molar-refractivity contribution in [3.05, 3.63) is 34.9 Å². The summed E-state index contributed by atoms with van der Waals surface area (Å²) in [5, 5.41) is 7.86. The molecule has 0 saturated heterocycles. The first-order valence-electron chi connectivity index (χ1n) is 3.98. The van der Waals surface area contributed by atoms with Gasteiger partial charge in [-0.05, 0) is 29.9 Å². The van der Waals surface area contributed by atoms with Crippen LogP contribution < -0.4 is 10.7 Å². The molecule has 1 aromatic carbocycles. The molecule has 3 nitrogen and oxygen atoms in total. The highest BCUT2D eigenvalue weighted by atomic mass is 35.5. The molecule has 0 saturated carbocycles. The van der Waals surface area contributed by atoms with E-state index < -0.39 is 0 Å². The summed E-state index contributed by atoms with van der Waals surface area (Å²) in [7, 11) is 1.73.